The van der Waals surface area contributed by atoms with Crippen molar-refractivity contribution in [2.24, 2.45) is 5.73 Å². The highest BCUT2D eigenvalue weighted by Crippen LogP contribution is 2.42. The van der Waals surface area contributed by atoms with Gasteiger partial charge in [-0.25, -0.2) is 0 Å². The first-order valence-electron chi connectivity index (χ1n) is 5.60. The topological polar surface area (TPSA) is 69.1 Å². The molecule has 4 nitrogen and oxygen atoms in total. The molecule has 2 N–H and O–H groups in total. The zero-order valence-corrected chi connectivity index (χ0v) is 10.3. The number of aryl methyl sites for hydroxylation is 2. The highest BCUT2D eigenvalue weighted by Gasteiger charge is 2.29. The molecular formula is C12H12N2O2S. The van der Waals surface area contributed by atoms with Crippen molar-refractivity contribution in [3.8, 4) is 11.3 Å². The first kappa shape index (κ1) is 10.5. The van der Waals surface area contributed by atoms with Crippen LogP contribution in [0.1, 0.15) is 32.6 Å². The molecule has 0 atom stereocenters. The molecule has 5 heteroatoms. The normalized spacial score (nSPS) is 13.2. The smallest absolute Gasteiger partial charge is 0.259 e. The predicted molar refractivity (Wildman–Crippen MR) is 65.1 cm³/mol. The Bertz CT molecular complexity index is 598. The van der Waals surface area contributed by atoms with Crippen molar-refractivity contribution in [3.05, 3.63) is 27.1 Å². The number of primary amides is 1. The first-order chi connectivity index (χ1) is 8.22. The summed E-state index contributed by atoms with van der Waals surface area (Å²) in [4.78, 5) is 13.3. The highest BCUT2D eigenvalue weighted by molar-refractivity contribution is 7.14. The first-order valence-corrected chi connectivity index (χ1v) is 6.42. The zero-order valence-electron chi connectivity index (χ0n) is 9.45. The standard InChI is InChI=1S/C12H12N2O2S/c1-2-8-9-7(11(17-8)12(13)15)4-3-6-5-14-16-10(6)9/h5H,2-4H2,1H3,(H2,13,15). The monoisotopic (exact) mass is 248 g/mol. The molecule has 0 radical (unpaired) electrons. The van der Waals surface area contributed by atoms with Gasteiger partial charge in [0.2, 0.25) is 0 Å². The van der Waals surface area contributed by atoms with Crippen LogP contribution in [0.4, 0.5) is 0 Å². The van der Waals surface area contributed by atoms with E-state index >= 15 is 0 Å². The van der Waals surface area contributed by atoms with E-state index in [9.17, 15) is 4.79 Å². The molecule has 17 heavy (non-hydrogen) atoms. The largest absolute Gasteiger partial charge is 0.365 e. The fourth-order valence-corrected chi connectivity index (χ4v) is 3.51. The number of carbonyl (C=O) groups excluding carboxylic acids is 1. The number of thiophene rings is 1. The van der Waals surface area contributed by atoms with Crippen LogP contribution in [0.2, 0.25) is 0 Å². The minimum absolute atomic E-state index is 0.339. The van der Waals surface area contributed by atoms with Crippen molar-refractivity contribution in [3.63, 3.8) is 0 Å². The number of hydrogen-bond donors (Lipinski definition) is 1. The van der Waals surface area contributed by atoms with E-state index in [1.165, 1.54) is 11.3 Å². The molecule has 0 aliphatic heterocycles. The molecule has 0 saturated heterocycles. The van der Waals surface area contributed by atoms with Gasteiger partial charge in [-0.3, -0.25) is 4.79 Å². The molecule has 0 aromatic carbocycles. The summed E-state index contributed by atoms with van der Waals surface area (Å²) in [5, 5.41) is 3.85. The van der Waals surface area contributed by atoms with Gasteiger partial charge in [-0.15, -0.1) is 11.3 Å². The molecule has 2 aromatic rings. The van der Waals surface area contributed by atoms with Gasteiger partial charge in [-0.05, 0) is 24.8 Å². The van der Waals surface area contributed by atoms with Crippen molar-refractivity contribution < 1.29 is 9.32 Å². The molecule has 0 spiro atoms. The van der Waals surface area contributed by atoms with Crippen LogP contribution in [0, 0.1) is 0 Å². The van der Waals surface area contributed by atoms with Crippen molar-refractivity contribution >= 4 is 17.2 Å². The van der Waals surface area contributed by atoms with Crippen LogP contribution in [0.5, 0.6) is 0 Å². The van der Waals surface area contributed by atoms with Crippen molar-refractivity contribution in [2.75, 3.05) is 0 Å². The van der Waals surface area contributed by atoms with Crippen molar-refractivity contribution in [1.82, 2.24) is 5.16 Å². The number of amides is 1. The Morgan fingerprint density at radius 3 is 3.12 bits per heavy atom. The summed E-state index contributed by atoms with van der Waals surface area (Å²) in [6.07, 6.45) is 4.35. The molecule has 88 valence electrons. The van der Waals surface area contributed by atoms with Crippen LogP contribution in [0.3, 0.4) is 0 Å². The van der Waals surface area contributed by atoms with E-state index < -0.39 is 0 Å². The molecule has 1 aliphatic rings. The molecular weight excluding hydrogens is 236 g/mol. The molecule has 0 saturated carbocycles. The summed E-state index contributed by atoms with van der Waals surface area (Å²) < 4.78 is 5.32. The van der Waals surface area contributed by atoms with Gasteiger partial charge < -0.3 is 10.3 Å². The summed E-state index contributed by atoms with van der Waals surface area (Å²) in [6.45, 7) is 2.07. The number of hydrogen-bond acceptors (Lipinski definition) is 4. The van der Waals surface area contributed by atoms with E-state index in [1.807, 2.05) is 0 Å². The lowest BCUT2D eigenvalue weighted by Crippen LogP contribution is -2.13. The summed E-state index contributed by atoms with van der Waals surface area (Å²) in [7, 11) is 0. The second-order valence-electron chi connectivity index (χ2n) is 4.11. The molecule has 0 bridgehead atoms. The molecule has 3 rings (SSSR count). The zero-order chi connectivity index (χ0) is 12.0. The lowest BCUT2D eigenvalue weighted by atomic mass is 9.91. The number of carbonyl (C=O) groups is 1. The maximum atomic E-state index is 11.4. The van der Waals surface area contributed by atoms with Gasteiger partial charge in [-0.2, -0.15) is 0 Å². The SMILES string of the molecule is CCc1sc(C(N)=O)c2c1-c1oncc1CC2. The Balaban J connectivity index is 2.29. The predicted octanol–water partition coefficient (Wildman–Crippen LogP) is 2.16. The number of nitrogens with zero attached hydrogens (tertiary/aromatic N) is 1. The Hall–Kier alpha value is -1.62. The van der Waals surface area contributed by atoms with E-state index in [4.69, 9.17) is 10.3 Å². The maximum absolute atomic E-state index is 11.4. The highest BCUT2D eigenvalue weighted by atomic mass is 32.1. The Labute approximate surface area is 102 Å². The molecule has 0 fully saturated rings. The second-order valence-corrected chi connectivity index (χ2v) is 5.21. The molecule has 2 heterocycles. The summed E-state index contributed by atoms with van der Waals surface area (Å²) in [5.74, 6) is 0.487. The second kappa shape index (κ2) is 3.70. The van der Waals surface area contributed by atoms with Crippen LogP contribution in [0.15, 0.2) is 10.7 Å². The Morgan fingerprint density at radius 2 is 2.41 bits per heavy atom. The molecule has 2 aromatic heterocycles. The number of rotatable bonds is 2. The van der Waals surface area contributed by atoms with E-state index in [1.54, 1.807) is 6.20 Å². The number of fused-ring (bicyclic) bond motifs is 3. The van der Waals surface area contributed by atoms with Gasteiger partial charge in [-0.1, -0.05) is 12.1 Å². The van der Waals surface area contributed by atoms with E-state index in [0.717, 1.165) is 46.6 Å². The molecule has 1 amide bonds. The third kappa shape index (κ3) is 1.42. The average molecular weight is 248 g/mol. The van der Waals surface area contributed by atoms with E-state index in [0.29, 0.717) is 4.88 Å². The lowest BCUT2D eigenvalue weighted by molar-refractivity contribution is 0.100. The fourth-order valence-electron chi connectivity index (χ4n) is 2.37. The van der Waals surface area contributed by atoms with Crippen molar-refractivity contribution in [1.29, 1.82) is 0 Å². The number of nitrogens with two attached hydrogens (primary N) is 1. The van der Waals surface area contributed by atoms with Gasteiger partial charge in [0.25, 0.3) is 5.91 Å². The van der Waals surface area contributed by atoms with E-state index in [2.05, 4.69) is 12.1 Å². The Morgan fingerprint density at radius 1 is 1.59 bits per heavy atom. The van der Waals surface area contributed by atoms with Gasteiger partial charge in [0, 0.05) is 16.0 Å². The minimum Gasteiger partial charge on any atom is -0.365 e. The molecule has 1 aliphatic carbocycles. The van der Waals surface area contributed by atoms with Crippen LogP contribution < -0.4 is 5.73 Å². The molecule has 0 unspecified atom stereocenters. The fraction of sp³-hybridized carbons (Fsp3) is 0.333. The maximum Gasteiger partial charge on any atom is 0.259 e. The van der Waals surface area contributed by atoms with Gasteiger partial charge in [0.05, 0.1) is 11.1 Å². The lowest BCUT2D eigenvalue weighted by Gasteiger charge is -2.11. The minimum atomic E-state index is -0.339. The van der Waals surface area contributed by atoms with Crippen LogP contribution in [-0.4, -0.2) is 11.1 Å². The quantitative estimate of drug-likeness (QED) is 0.885. The Kier molecular flexibility index (Phi) is 2.29. The summed E-state index contributed by atoms with van der Waals surface area (Å²) in [5.41, 5.74) is 8.66. The van der Waals surface area contributed by atoms with Gasteiger partial charge >= 0.3 is 0 Å². The van der Waals surface area contributed by atoms with Crippen molar-refractivity contribution in [2.45, 2.75) is 26.2 Å². The third-order valence-corrected chi connectivity index (χ3v) is 4.53. The summed E-state index contributed by atoms with van der Waals surface area (Å²) >= 11 is 1.49. The average Bonchev–Trinajstić information content (AvgIpc) is 2.91. The summed E-state index contributed by atoms with van der Waals surface area (Å²) in [6, 6.07) is 0. The third-order valence-electron chi connectivity index (χ3n) is 3.14. The van der Waals surface area contributed by atoms with E-state index in [-0.39, 0.29) is 5.91 Å². The van der Waals surface area contributed by atoms with Crippen LogP contribution >= 0.6 is 11.3 Å². The van der Waals surface area contributed by atoms with Gasteiger partial charge in [0.1, 0.15) is 0 Å². The van der Waals surface area contributed by atoms with Gasteiger partial charge in [0.15, 0.2) is 5.76 Å². The van der Waals surface area contributed by atoms with Crippen LogP contribution in [0.25, 0.3) is 11.3 Å². The number of aromatic nitrogens is 1. The van der Waals surface area contributed by atoms with Crippen LogP contribution in [-0.2, 0) is 19.3 Å².